The van der Waals surface area contributed by atoms with Crippen LogP contribution in [0.2, 0.25) is 0 Å². The molecule has 1 aromatic heterocycles. The first-order valence-corrected chi connectivity index (χ1v) is 8.96. The Bertz CT molecular complexity index is 544. The summed E-state index contributed by atoms with van der Waals surface area (Å²) in [5.41, 5.74) is 0.984. The second kappa shape index (κ2) is 10.7. The highest BCUT2D eigenvalue weighted by atomic mass is 16.5. The van der Waals surface area contributed by atoms with E-state index in [1.807, 2.05) is 25.1 Å². The summed E-state index contributed by atoms with van der Waals surface area (Å²) in [7, 11) is 1.80. The lowest BCUT2D eigenvalue weighted by Gasteiger charge is -2.17. The summed E-state index contributed by atoms with van der Waals surface area (Å²) in [6.07, 6.45) is 4.93. The normalized spacial score (nSPS) is 17.4. The lowest BCUT2D eigenvalue weighted by molar-refractivity contribution is -0.128. The van der Waals surface area contributed by atoms with Crippen LogP contribution in [0.4, 0.5) is 0 Å². The molecule has 0 spiro atoms. The van der Waals surface area contributed by atoms with Crippen LogP contribution in [-0.4, -0.2) is 67.7 Å². The third-order valence-corrected chi connectivity index (χ3v) is 4.09. The maximum absolute atomic E-state index is 12.3. The van der Waals surface area contributed by atoms with E-state index in [1.54, 1.807) is 18.1 Å². The zero-order valence-corrected chi connectivity index (χ0v) is 15.2. The molecule has 1 aromatic rings. The second-order valence-corrected chi connectivity index (χ2v) is 6.10. The molecule has 1 aliphatic heterocycles. The van der Waals surface area contributed by atoms with Gasteiger partial charge in [0.25, 0.3) is 0 Å². The van der Waals surface area contributed by atoms with Gasteiger partial charge >= 0.3 is 0 Å². The van der Waals surface area contributed by atoms with Gasteiger partial charge in [0.1, 0.15) is 6.54 Å². The van der Waals surface area contributed by atoms with Crippen molar-refractivity contribution in [3.63, 3.8) is 0 Å². The van der Waals surface area contributed by atoms with Crippen LogP contribution in [0.25, 0.3) is 0 Å². The number of ether oxygens (including phenoxy) is 1. The average Bonchev–Trinajstić information content (AvgIpc) is 3.16. The molecule has 1 aliphatic rings. The minimum Gasteiger partial charge on any atom is -0.376 e. The Kier molecular flexibility index (Phi) is 8.18. The number of hydrogen-bond donors (Lipinski definition) is 2. The number of nitrogens with zero attached hydrogens (tertiary/aromatic N) is 3. The van der Waals surface area contributed by atoms with E-state index in [0.717, 1.165) is 44.7 Å². The zero-order chi connectivity index (χ0) is 17.9. The van der Waals surface area contributed by atoms with E-state index >= 15 is 0 Å². The number of rotatable bonds is 8. The van der Waals surface area contributed by atoms with Crippen LogP contribution in [-0.2, 0) is 16.0 Å². The predicted octanol–water partition coefficient (Wildman–Crippen LogP) is 0.817. The van der Waals surface area contributed by atoms with Crippen molar-refractivity contribution in [1.82, 2.24) is 20.5 Å². The maximum atomic E-state index is 12.3. The number of pyridine rings is 1. The summed E-state index contributed by atoms with van der Waals surface area (Å²) in [6.45, 7) is 5.06. The van der Waals surface area contributed by atoms with Crippen LogP contribution in [0.15, 0.2) is 29.4 Å². The zero-order valence-electron chi connectivity index (χ0n) is 15.2. The Morgan fingerprint density at radius 2 is 2.32 bits per heavy atom. The third-order valence-electron chi connectivity index (χ3n) is 4.09. The summed E-state index contributed by atoms with van der Waals surface area (Å²) < 4.78 is 5.59. The molecule has 0 saturated carbocycles. The Hall–Kier alpha value is -2.15. The molecule has 7 nitrogen and oxygen atoms in total. The second-order valence-electron chi connectivity index (χ2n) is 6.10. The summed E-state index contributed by atoms with van der Waals surface area (Å²) in [5.74, 6) is 0.648. The fraction of sp³-hybridized carbons (Fsp3) is 0.611. The van der Waals surface area contributed by atoms with Crippen molar-refractivity contribution in [2.24, 2.45) is 4.99 Å². The molecule has 1 saturated heterocycles. The molecular formula is C18H29N5O2. The fourth-order valence-electron chi connectivity index (χ4n) is 2.58. The number of nitrogens with one attached hydrogen (secondary N) is 2. The van der Waals surface area contributed by atoms with Crippen molar-refractivity contribution in [2.45, 2.75) is 32.3 Å². The highest BCUT2D eigenvalue weighted by Crippen LogP contribution is 2.10. The van der Waals surface area contributed by atoms with E-state index in [9.17, 15) is 4.79 Å². The monoisotopic (exact) mass is 347 g/mol. The average molecular weight is 347 g/mol. The highest BCUT2D eigenvalue weighted by Gasteiger charge is 2.15. The number of hydrogen-bond acceptors (Lipinski definition) is 4. The van der Waals surface area contributed by atoms with E-state index in [0.29, 0.717) is 12.5 Å². The van der Waals surface area contributed by atoms with Crippen molar-refractivity contribution in [1.29, 1.82) is 0 Å². The summed E-state index contributed by atoms with van der Waals surface area (Å²) in [4.78, 5) is 22.6. The Morgan fingerprint density at radius 3 is 3.00 bits per heavy atom. The van der Waals surface area contributed by atoms with Crippen molar-refractivity contribution in [3.05, 3.63) is 30.1 Å². The van der Waals surface area contributed by atoms with Gasteiger partial charge in [-0.25, -0.2) is 4.99 Å². The van der Waals surface area contributed by atoms with Crippen LogP contribution in [0, 0.1) is 0 Å². The van der Waals surface area contributed by atoms with E-state index in [1.165, 1.54) is 0 Å². The van der Waals surface area contributed by atoms with Gasteiger partial charge in [0.2, 0.25) is 5.91 Å². The van der Waals surface area contributed by atoms with Crippen LogP contribution < -0.4 is 10.6 Å². The molecule has 1 atom stereocenters. The molecule has 2 N–H and O–H groups in total. The van der Waals surface area contributed by atoms with Crippen LogP contribution in [0.5, 0.6) is 0 Å². The third kappa shape index (κ3) is 7.09. The number of aliphatic imine (C=N–C) groups is 1. The quantitative estimate of drug-likeness (QED) is 0.538. The van der Waals surface area contributed by atoms with Gasteiger partial charge in [-0.3, -0.25) is 9.78 Å². The smallest absolute Gasteiger partial charge is 0.244 e. The lowest BCUT2D eigenvalue weighted by atomic mass is 10.2. The summed E-state index contributed by atoms with van der Waals surface area (Å²) in [6, 6.07) is 5.81. The van der Waals surface area contributed by atoms with Crippen LogP contribution >= 0.6 is 0 Å². The number of carbonyl (C=O) groups is 1. The number of guanidine groups is 1. The van der Waals surface area contributed by atoms with Gasteiger partial charge in [-0.2, -0.15) is 0 Å². The first-order valence-electron chi connectivity index (χ1n) is 8.96. The SMILES string of the molecule is CCNC(=NCC(=O)N(C)CCc1ccccn1)NCC1CCCO1. The highest BCUT2D eigenvalue weighted by molar-refractivity contribution is 5.84. The van der Waals surface area contributed by atoms with E-state index < -0.39 is 0 Å². The molecular weight excluding hydrogens is 318 g/mol. The molecule has 0 aliphatic carbocycles. The molecule has 1 amide bonds. The lowest BCUT2D eigenvalue weighted by Crippen LogP contribution is -2.42. The van der Waals surface area contributed by atoms with E-state index in [2.05, 4.69) is 20.6 Å². The molecule has 0 bridgehead atoms. The Labute approximate surface area is 149 Å². The largest absolute Gasteiger partial charge is 0.376 e. The molecule has 2 rings (SSSR count). The molecule has 1 fully saturated rings. The fourth-order valence-corrected chi connectivity index (χ4v) is 2.58. The van der Waals surface area contributed by atoms with Crippen LogP contribution in [0.3, 0.4) is 0 Å². The maximum Gasteiger partial charge on any atom is 0.244 e. The molecule has 2 heterocycles. The van der Waals surface area contributed by atoms with Gasteiger partial charge in [0.15, 0.2) is 5.96 Å². The van der Waals surface area contributed by atoms with Crippen molar-refractivity contribution < 1.29 is 9.53 Å². The first-order chi connectivity index (χ1) is 12.2. The topological polar surface area (TPSA) is 78.9 Å². The molecule has 0 aromatic carbocycles. The number of carbonyl (C=O) groups excluding carboxylic acids is 1. The minimum absolute atomic E-state index is 0.00903. The Balaban J connectivity index is 1.75. The summed E-state index contributed by atoms with van der Waals surface area (Å²) >= 11 is 0. The molecule has 7 heteroatoms. The standard InChI is InChI=1S/C18H29N5O2/c1-3-19-18(21-13-16-8-6-12-25-16)22-14-17(24)23(2)11-9-15-7-4-5-10-20-15/h4-5,7,10,16H,3,6,8-9,11-14H2,1-2H3,(H2,19,21,22). The predicted molar refractivity (Wildman–Crippen MR) is 98.5 cm³/mol. The van der Waals surface area contributed by atoms with Gasteiger partial charge in [-0.15, -0.1) is 0 Å². The first kappa shape index (κ1) is 19.2. The summed E-state index contributed by atoms with van der Waals surface area (Å²) in [5, 5.41) is 6.41. The Morgan fingerprint density at radius 1 is 1.44 bits per heavy atom. The van der Waals surface area contributed by atoms with Gasteiger partial charge in [0.05, 0.1) is 6.10 Å². The van der Waals surface area contributed by atoms with Crippen molar-refractivity contribution in [2.75, 3.05) is 39.8 Å². The van der Waals surface area contributed by atoms with Crippen molar-refractivity contribution in [3.8, 4) is 0 Å². The molecule has 138 valence electrons. The van der Waals surface area contributed by atoms with Crippen LogP contribution in [0.1, 0.15) is 25.5 Å². The van der Waals surface area contributed by atoms with E-state index in [-0.39, 0.29) is 18.6 Å². The van der Waals surface area contributed by atoms with E-state index in [4.69, 9.17) is 4.74 Å². The molecule has 25 heavy (non-hydrogen) atoms. The number of likely N-dealkylation sites (N-methyl/N-ethyl adjacent to an activating group) is 1. The number of aromatic nitrogens is 1. The van der Waals surface area contributed by atoms with Gasteiger partial charge in [-0.05, 0) is 31.9 Å². The van der Waals surface area contributed by atoms with Gasteiger partial charge in [-0.1, -0.05) is 6.07 Å². The van der Waals surface area contributed by atoms with Gasteiger partial charge in [0, 0.05) is 51.6 Å². The van der Waals surface area contributed by atoms with Gasteiger partial charge < -0.3 is 20.3 Å². The minimum atomic E-state index is -0.00903. The molecule has 0 radical (unpaired) electrons. The number of amides is 1. The molecule has 1 unspecified atom stereocenters. The van der Waals surface area contributed by atoms with Crippen molar-refractivity contribution >= 4 is 11.9 Å².